The van der Waals surface area contributed by atoms with Crippen LogP contribution in [0.25, 0.3) is 0 Å². The summed E-state index contributed by atoms with van der Waals surface area (Å²) in [6, 6.07) is 0. The maximum Gasteiger partial charge on any atom is 0.221 e. The first kappa shape index (κ1) is 11.1. The molecule has 1 saturated carbocycles. The van der Waals surface area contributed by atoms with Gasteiger partial charge in [-0.1, -0.05) is 0 Å². The van der Waals surface area contributed by atoms with Crippen LogP contribution in [-0.2, 0) is 0 Å². The fourth-order valence-electron chi connectivity index (χ4n) is 1.67. The average molecular weight is 223 g/mol. The number of rotatable bonds is 5. The zero-order chi connectivity index (χ0) is 11.5. The molecule has 1 aliphatic carbocycles. The van der Waals surface area contributed by atoms with Gasteiger partial charge in [-0.25, -0.2) is 9.97 Å². The van der Waals surface area contributed by atoms with Gasteiger partial charge in [0, 0.05) is 6.54 Å². The number of aliphatic hydroxyl groups excluding tert-OH is 1. The van der Waals surface area contributed by atoms with Crippen LogP contribution in [0.4, 0.5) is 5.82 Å². The van der Waals surface area contributed by atoms with Crippen LogP contribution in [0.1, 0.15) is 18.4 Å². The Bertz CT molecular complexity index is 366. The van der Waals surface area contributed by atoms with E-state index in [0.717, 1.165) is 24.2 Å². The van der Waals surface area contributed by atoms with E-state index in [0.29, 0.717) is 18.3 Å². The molecule has 1 fully saturated rings. The molecular weight excluding hydrogens is 206 g/mol. The summed E-state index contributed by atoms with van der Waals surface area (Å²) in [7, 11) is 1.58. The molecule has 5 heteroatoms. The Morgan fingerprint density at radius 1 is 1.56 bits per heavy atom. The maximum atomic E-state index is 9.73. The molecule has 2 N–H and O–H groups in total. The second-order valence-corrected chi connectivity index (χ2v) is 4.14. The SMILES string of the molecule is COc1ncnc(NCC(O)C2CC2)c1C. The molecule has 1 heterocycles. The van der Waals surface area contributed by atoms with Crippen molar-refractivity contribution in [3.05, 3.63) is 11.9 Å². The molecule has 1 aromatic heterocycles. The van der Waals surface area contributed by atoms with Crippen LogP contribution >= 0.6 is 0 Å². The third-order valence-corrected chi connectivity index (χ3v) is 2.88. The van der Waals surface area contributed by atoms with Crippen LogP contribution in [0, 0.1) is 12.8 Å². The number of hydrogen-bond donors (Lipinski definition) is 2. The Morgan fingerprint density at radius 3 is 2.94 bits per heavy atom. The molecule has 0 aromatic carbocycles. The molecule has 0 bridgehead atoms. The number of hydrogen-bond acceptors (Lipinski definition) is 5. The van der Waals surface area contributed by atoms with Crippen molar-refractivity contribution in [1.82, 2.24) is 9.97 Å². The lowest BCUT2D eigenvalue weighted by Crippen LogP contribution is -2.22. The highest BCUT2D eigenvalue weighted by Gasteiger charge is 2.29. The number of methoxy groups -OCH3 is 1. The average Bonchev–Trinajstić information content (AvgIpc) is 3.11. The Hall–Kier alpha value is -1.36. The van der Waals surface area contributed by atoms with Gasteiger partial charge in [0.05, 0.1) is 18.8 Å². The van der Waals surface area contributed by atoms with E-state index in [9.17, 15) is 5.11 Å². The number of nitrogens with one attached hydrogen (secondary N) is 1. The fraction of sp³-hybridized carbons (Fsp3) is 0.636. The number of nitrogens with zero attached hydrogens (tertiary/aromatic N) is 2. The van der Waals surface area contributed by atoms with Crippen molar-refractivity contribution in [3.63, 3.8) is 0 Å². The Labute approximate surface area is 94.9 Å². The minimum atomic E-state index is -0.277. The summed E-state index contributed by atoms with van der Waals surface area (Å²) >= 11 is 0. The quantitative estimate of drug-likeness (QED) is 0.778. The number of anilines is 1. The maximum absolute atomic E-state index is 9.73. The zero-order valence-corrected chi connectivity index (χ0v) is 9.60. The highest BCUT2D eigenvalue weighted by atomic mass is 16.5. The third kappa shape index (κ3) is 2.41. The summed E-state index contributed by atoms with van der Waals surface area (Å²) < 4.78 is 5.10. The first-order chi connectivity index (χ1) is 7.72. The summed E-state index contributed by atoms with van der Waals surface area (Å²) in [4.78, 5) is 8.12. The number of ether oxygens (including phenoxy) is 1. The van der Waals surface area contributed by atoms with Gasteiger partial charge < -0.3 is 15.2 Å². The number of aromatic nitrogens is 2. The van der Waals surface area contributed by atoms with Crippen molar-refractivity contribution in [2.75, 3.05) is 19.0 Å². The molecule has 1 aromatic rings. The summed E-state index contributed by atoms with van der Waals surface area (Å²) in [5.41, 5.74) is 0.869. The third-order valence-electron chi connectivity index (χ3n) is 2.88. The Kier molecular flexibility index (Phi) is 3.24. The molecule has 0 amide bonds. The predicted molar refractivity (Wildman–Crippen MR) is 60.5 cm³/mol. The van der Waals surface area contributed by atoms with Crippen LogP contribution in [0.15, 0.2) is 6.33 Å². The van der Waals surface area contributed by atoms with Crippen molar-refractivity contribution in [3.8, 4) is 5.88 Å². The normalized spacial score (nSPS) is 16.9. The van der Waals surface area contributed by atoms with Gasteiger partial charge in [-0.2, -0.15) is 0 Å². The lowest BCUT2D eigenvalue weighted by atomic mass is 10.2. The molecule has 0 radical (unpaired) electrons. The lowest BCUT2D eigenvalue weighted by molar-refractivity contribution is 0.164. The van der Waals surface area contributed by atoms with E-state index in [2.05, 4.69) is 15.3 Å². The topological polar surface area (TPSA) is 67.3 Å². The van der Waals surface area contributed by atoms with Gasteiger partial charge in [0.1, 0.15) is 12.1 Å². The molecule has 16 heavy (non-hydrogen) atoms. The second kappa shape index (κ2) is 4.65. The molecule has 0 aliphatic heterocycles. The van der Waals surface area contributed by atoms with Crippen molar-refractivity contribution in [2.24, 2.45) is 5.92 Å². The summed E-state index contributed by atoms with van der Waals surface area (Å²) in [6.45, 7) is 2.43. The van der Waals surface area contributed by atoms with Gasteiger partial charge in [0.15, 0.2) is 0 Å². The van der Waals surface area contributed by atoms with Crippen molar-refractivity contribution < 1.29 is 9.84 Å². The van der Waals surface area contributed by atoms with Gasteiger partial charge in [-0.15, -0.1) is 0 Å². The zero-order valence-electron chi connectivity index (χ0n) is 9.60. The van der Waals surface area contributed by atoms with Crippen molar-refractivity contribution >= 4 is 5.82 Å². The largest absolute Gasteiger partial charge is 0.481 e. The van der Waals surface area contributed by atoms with Crippen LogP contribution in [-0.4, -0.2) is 34.8 Å². The molecular formula is C11H17N3O2. The molecule has 0 spiro atoms. The molecule has 1 unspecified atom stereocenters. The predicted octanol–water partition coefficient (Wildman–Crippen LogP) is 0.976. The van der Waals surface area contributed by atoms with Gasteiger partial charge in [0.2, 0.25) is 5.88 Å². The fourth-order valence-corrected chi connectivity index (χ4v) is 1.67. The van der Waals surface area contributed by atoms with E-state index in [4.69, 9.17) is 4.74 Å². The monoisotopic (exact) mass is 223 g/mol. The smallest absolute Gasteiger partial charge is 0.221 e. The van der Waals surface area contributed by atoms with Gasteiger partial charge in [-0.05, 0) is 25.7 Å². The van der Waals surface area contributed by atoms with Gasteiger partial charge in [-0.3, -0.25) is 0 Å². The second-order valence-electron chi connectivity index (χ2n) is 4.14. The van der Waals surface area contributed by atoms with Crippen LogP contribution in [0.3, 0.4) is 0 Å². The number of aliphatic hydroxyl groups is 1. The van der Waals surface area contributed by atoms with E-state index >= 15 is 0 Å². The van der Waals surface area contributed by atoms with E-state index in [1.54, 1.807) is 7.11 Å². The van der Waals surface area contributed by atoms with Gasteiger partial charge >= 0.3 is 0 Å². The lowest BCUT2D eigenvalue weighted by Gasteiger charge is -2.13. The van der Waals surface area contributed by atoms with Crippen molar-refractivity contribution in [2.45, 2.75) is 25.9 Å². The highest BCUT2D eigenvalue weighted by molar-refractivity contribution is 5.47. The first-order valence-electron chi connectivity index (χ1n) is 5.50. The Morgan fingerprint density at radius 2 is 2.31 bits per heavy atom. The van der Waals surface area contributed by atoms with E-state index in [1.807, 2.05) is 6.92 Å². The van der Waals surface area contributed by atoms with E-state index in [1.165, 1.54) is 6.33 Å². The Balaban J connectivity index is 1.97. The molecule has 0 saturated heterocycles. The van der Waals surface area contributed by atoms with Gasteiger partial charge in [0.25, 0.3) is 0 Å². The van der Waals surface area contributed by atoms with Crippen LogP contribution in [0.5, 0.6) is 5.88 Å². The van der Waals surface area contributed by atoms with Crippen LogP contribution in [0.2, 0.25) is 0 Å². The standard InChI is InChI=1S/C11H17N3O2/c1-7-10(13-6-14-11(7)16-2)12-5-9(15)8-3-4-8/h6,8-9,15H,3-5H2,1-2H3,(H,12,13,14). The molecule has 1 aliphatic rings. The summed E-state index contributed by atoms with van der Waals surface area (Å²) in [6.07, 6.45) is 3.45. The molecule has 2 rings (SSSR count). The molecule has 88 valence electrons. The highest BCUT2D eigenvalue weighted by Crippen LogP contribution is 2.32. The summed E-state index contributed by atoms with van der Waals surface area (Å²) in [5.74, 6) is 1.77. The minimum absolute atomic E-state index is 0.277. The minimum Gasteiger partial charge on any atom is -0.481 e. The summed E-state index contributed by atoms with van der Waals surface area (Å²) in [5, 5.41) is 12.9. The molecule has 5 nitrogen and oxygen atoms in total. The van der Waals surface area contributed by atoms with E-state index < -0.39 is 0 Å². The van der Waals surface area contributed by atoms with Crippen molar-refractivity contribution in [1.29, 1.82) is 0 Å². The van der Waals surface area contributed by atoms with Crippen LogP contribution < -0.4 is 10.1 Å². The molecule has 1 atom stereocenters. The first-order valence-corrected chi connectivity index (χ1v) is 5.50. The van der Waals surface area contributed by atoms with E-state index in [-0.39, 0.29) is 6.10 Å².